The molecule has 0 atom stereocenters. The molecular formula is C21H18ClN5O. The summed E-state index contributed by atoms with van der Waals surface area (Å²) in [6.07, 6.45) is 9.12. The first-order valence-electron chi connectivity index (χ1n) is 8.88. The smallest absolute Gasteiger partial charge is 0.261 e. The Balaban J connectivity index is 1.80. The first-order chi connectivity index (χ1) is 13.6. The summed E-state index contributed by atoms with van der Waals surface area (Å²) in [6, 6.07) is 9.18. The van der Waals surface area contributed by atoms with Crippen molar-refractivity contribution in [2.75, 3.05) is 23.4 Å². The molecule has 0 spiro atoms. The number of fused-ring (bicyclic) bond motifs is 2. The minimum Gasteiger partial charge on any atom is -0.309 e. The van der Waals surface area contributed by atoms with Crippen molar-refractivity contribution in [3.8, 4) is 0 Å². The Hall–Kier alpha value is -3.25. The van der Waals surface area contributed by atoms with Crippen LogP contribution in [-0.2, 0) is 0 Å². The van der Waals surface area contributed by atoms with E-state index in [1.807, 2.05) is 42.2 Å². The Morgan fingerprint density at radius 3 is 2.57 bits per heavy atom. The molecule has 1 aliphatic heterocycles. The van der Waals surface area contributed by atoms with E-state index in [0.29, 0.717) is 34.6 Å². The summed E-state index contributed by atoms with van der Waals surface area (Å²) in [6.45, 7) is 2.60. The van der Waals surface area contributed by atoms with Gasteiger partial charge in [-0.1, -0.05) is 23.8 Å². The van der Waals surface area contributed by atoms with Gasteiger partial charge in [0.15, 0.2) is 5.82 Å². The second-order valence-electron chi connectivity index (χ2n) is 6.34. The van der Waals surface area contributed by atoms with Crippen molar-refractivity contribution < 1.29 is 4.79 Å². The van der Waals surface area contributed by atoms with Crippen molar-refractivity contribution in [1.29, 1.82) is 0 Å². The molecule has 0 saturated heterocycles. The van der Waals surface area contributed by atoms with E-state index in [0.717, 1.165) is 11.1 Å². The van der Waals surface area contributed by atoms with Crippen molar-refractivity contribution in [2.45, 2.75) is 6.92 Å². The van der Waals surface area contributed by atoms with Crippen molar-refractivity contribution in [3.05, 3.63) is 70.8 Å². The topological polar surface area (TPSA) is 62.2 Å². The van der Waals surface area contributed by atoms with E-state index in [1.54, 1.807) is 42.7 Å². The predicted octanol–water partition coefficient (Wildman–Crippen LogP) is 4.44. The van der Waals surface area contributed by atoms with E-state index in [9.17, 15) is 4.79 Å². The van der Waals surface area contributed by atoms with Crippen LogP contribution < -0.4 is 9.80 Å². The van der Waals surface area contributed by atoms with Crippen molar-refractivity contribution in [2.24, 2.45) is 0 Å². The van der Waals surface area contributed by atoms with E-state index in [-0.39, 0.29) is 5.91 Å². The maximum Gasteiger partial charge on any atom is 0.261 e. The molecule has 0 fully saturated rings. The highest BCUT2D eigenvalue weighted by molar-refractivity contribution is 6.29. The highest BCUT2D eigenvalue weighted by Crippen LogP contribution is 2.38. The summed E-state index contributed by atoms with van der Waals surface area (Å²) < 4.78 is 0. The molecular weight excluding hydrogens is 374 g/mol. The second kappa shape index (κ2) is 7.40. The van der Waals surface area contributed by atoms with Crippen LogP contribution in [0.2, 0.25) is 5.15 Å². The van der Waals surface area contributed by atoms with E-state index in [4.69, 9.17) is 11.6 Å². The molecule has 3 aromatic rings. The van der Waals surface area contributed by atoms with Gasteiger partial charge in [0.05, 0.1) is 11.3 Å². The van der Waals surface area contributed by atoms with Crippen LogP contribution in [0.4, 0.5) is 17.3 Å². The summed E-state index contributed by atoms with van der Waals surface area (Å²) in [4.78, 5) is 29.7. The zero-order valence-corrected chi connectivity index (χ0v) is 16.3. The van der Waals surface area contributed by atoms with Gasteiger partial charge in [0.25, 0.3) is 5.91 Å². The maximum absolute atomic E-state index is 13.1. The Kier molecular flexibility index (Phi) is 4.79. The Bertz CT molecular complexity index is 1070. The molecule has 0 N–H and O–H groups in total. The zero-order valence-electron chi connectivity index (χ0n) is 15.5. The average Bonchev–Trinajstić information content (AvgIpc) is 2.80. The molecule has 0 aromatic carbocycles. The second-order valence-corrected chi connectivity index (χ2v) is 6.73. The van der Waals surface area contributed by atoms with Crippen LogP contribution in [0.15, 0.2) is 48.9 Å². The molecule has 1 amide bonds. The molecule has 6 nitrogen and oxygen atoms in total. The first-order valence-corrected chi connectivity index (χ1v) is 9.26. The number of pyridine rings is 3. The average molecular weight is 392 g/mol. The van der Waals surface area contributed by atoms with Crippen LogP contribution in [0.3, 0.4) is 0 Å². The quantitative estimate of drug-likeness (QED) is 0.617. The lowest BCUT2D eigenvalue weighted by Crippen LogP contribution is -2.25. The number of aromatic nitrogens is 3. The fourth-order valence-electron chi connectivity index (χ4n) is 3.17. The van der Waals surface area contributed by atoms with E-state index in [2.05, 4.69) is 15.0 Å². The van der Waals surface area contributed by atoms with Crippen molar-refractivity contribution in [3.63, 3.8) is 0 Å². The number of nitrogens with zero attached hydrogens (tertiary/aromatic N) is 5. The van der Waals surface area contributed by atoms with Crippen molar-refractivity contribution in [1.82, 2.24) is 15.0 Å². The minimum absolute atomic E-state index is 0.136. The van der Waals surface area contributed by atoms with Crippen LogP contribution in [0, 0.1) is 0 Å². The number of carbonyl (C=O) groups excluding carboxylic acids is 1. The van der Waals surface area contributed by atoms with Gasteiger partial charge >= 0.3 is 0 Å². The van der Waals surface area contributed by atoms with Gasteiger partial charge in [-0.2, -0.15) is 0 Å². The molecule has 0 unspecified atom stereocenters. The van der Waals surface area contributed by atoms with Crippen LogP contribution in [0.25, 0.3) is 12.2 Å². The zero-order chi connectivity index (χ0) is 19.7. The minimum atomic E-state index is -0.136. The molecule has 1 aliphatic rings. The lowest BCUT2D eigenvalue weighted by molar-refractivity contribution is 0.0994. The van der Waals surface area contributed by atoms with Crippen molar-refractivity contribution >= 4 is 47.0 Å². The molecule has 140 valence electrons. The summed E-state index contributed by atoms with van der Waals surface area (Å²) in [5.41, 5.74) is 3.08. The standard InChI is InChI=1S/C21H18ClN5O/c1-3-27-19-16(21(28)26(2)17-6-7-18(22)25-20(17)27)12-15(13-24-19)5-4-14-8-10-23-11-9-14/h4-13H,3H2,1-2H3. The van der Waals surface area contributed by atoms with Gasteiger partial charge in [0.1, 0.15) is 11.0 Å². The number of anilines is 3. The molecule has 0 radical (unpaired) electrons. The molecule has 0 saturated carbocycles. The lowest BCUT2D eigenvalue weighted by atomic mass is 10.1. The van der Waals surface area contributed by atoms with Gasteiger partial charge in [0, 0.05) is 32.2 Å². The number of halogens is 1. The number of amides is 1. The summed E-state index contributed by atoms with van der Waals surface area (Å²) in [5.74, 6) is 1.06. The van der Waals surface area contributed by atoms with Crippen LogP contribution in [-0.4, -0.2) is 34.5 Å². The maximum atomic E-state index is 13.1. The molecule has 0 bridgehead atoms. The number of rotatable bonds is 3. The third-order valence-corrected chi connectivity index (χ3v) is 4.82. The SMILES string of the molecule is CCN1c2ncc(C=Cc3ccncc3)cc2C(=O)N(C)c2ccc(Cl)nc21. The fourth-order valence-corrected chi connectivity index (χ4v) is 3.32. The van der Waals surface area contributed by atoms with Gasteiger partial charge in [-0.15, -0.1) is 0 Å². The lowest BCUT2D eigenvalue weighted by Gasteiger charge is -2.22. The van der Waals surface area contributed by atoms with Gasteiger partial charge in [-0.05, 0) is 48.4 Å². The normalized spacial score (nSPS) is 13.5. The van der Waals surface area contributed by atoms with Gasteiger partial charge in [-0.3, -0.25) is 9.78 Å². The highest BCUT2D eigenvalue weighted by Gasteiger charge is 2.30. The molecule has 0 aliphatic carbocycles. The van der Waals surface area contributed by atoms with Gasteiger partial charge in [0.2, 0.25) is 0 Å². The van der Waals surface area contributed by atoms with Crippen LogP contribution in [0.5, 0.6) is 0 Å². The molecule has 4 rings (SSSR count). The monoisotopic (exact) mass is 391 g/mol. The van der Waals surface area contributed by atoms with E-state index >= 15 is 0 Å². The van der Waals surface area contributed by atoms with E-state index < -0.39 is 0 Å². The third kappa shape index (κ3) is 3.23. The van der Waals surface area contributed by atoms with E-state index in [1.165, 1.54) is 0 Å². The predicted molar refractivity (Wildman–Crippen MR) is 112 cm³/mol. The number of hydrogen-bond donors (Lipinski definition) is 0. The third-order valence-electron chi connectivity index (χ3n) is 4.61. The molecule has 28 heavy (non-hydrogen) atoms. The van der Waals surface area contributed by atoms with Gasteiger partial charge < -0.3 is 9.80 Å². The number of hydrogen-bond acceptors (Lipinski definition) is 5. The van der Waals surface area contributed by atoms with Crippen LogP contribution >= 0.6 is 11.6 Å². The highest BCUT2D eigenvalue weighted by atomic mass is 35.5. The molecule has 7 heteroatoms. The summed E-state index contributed by atoms with van der Waals surface area (Å²) in [7, 11) is 1.74. The number of carbonyl (C=O) groups is 1. The first kappa shape index (κ1) is 18.1. The Labute approximate surface area is 168 Å². The van der Waals surface area contributed by atoms with Gasteiger partial charge in [-0.25, -0.2) is 9.97 Å². The fraction of sp³-hybridized carbons (Fsp3) is 0.143. The Morgan fingerprint density at radius 1 is 1.07 bits per heavy atom. The molecule has 4 heterocycles. The summed E-state index contributed by atoms with van der Waals surface area (Å²) in [5, 5.41) is 0.374. The largest absolute Gasteiger partial charge is 0.309 e. The van der Waals surface area contributed by atoms with Crippen LogP contribution in [0.1, 0.15) is 28.4 Å². The molecule has 3 aromatic heterocycles. The summed E-state index contributed by atoms with van der Waals surface area (Å²) >= 11 is 6.11. The Morgan fingerprint density at radius 2 is 1.82 bits per heavy atom.